The minimum absolute atomic E-state index is 0. The van der Waals surface area contributed by atoms with Crippen molar-refractivity contribution in [3.63, 3.8) is 0 Å². The van der Waals surface area contributed by atoms with Crippen LogP contribution in [-0.2, 0) is 11.3 Å². The predicted octanol–water partition coefficient (Wildman–Crippen LogP) is 7.01. The van der Waals surface area contributed by atoms with Crippen molar-refractivity contribution in [2.24, 2.45) is 0 Å². The number of amides is 1. The van der Waals surface area contributed by atoms with Crippen LogP contribution in [0.5, 0.6) is 0 Å². The van der Waals surface area contributed by atoms with Gasteiger partial charge in [-0.15, -0.1) is 12.4 Å². The van der Waals surface area contributed by atoms with E-state index in [1.165, 1.54) is 38.5 Å². The van der Waals surface area contributed by atoms with Crippen molar-refractivity contribution in [1.29, 1.82) is 0 Å². The number of nitrogens with zero attached hydrogens (tertiary/aromatic N) is 4. The Morgan fingerprint density at radius 3 is 2.11 bits per heavy atom. The third-order valence-electron chi connectivity index (χ3n) is 8.09. The van der Waals surface area contributed by atoms with E-state index in [4.69, 9.17) is 4.98 Å². The van der Waals surface area contributed by atoms with Gasteiger partial charge in [-0.2, -0.15) is 0 Å². The van der Waals surface area contributed by atoms with Crippen LogP contribution in [0.1, 0.15) is 64.2 Å². The molecule has 37 heavy (non-hydrogen) atoms. The fourth-order valence-electron chi connectivity index (χ4n) is 6.30. The number of nitrogens with one attached hydrogen (secondary N) is 1. The van der Waals surface area contributed by atoms with Crippen LogP contribution in [0.2, 0.25) is 0 Å². The average Bonchev–Trinajstić information content (AvgIpc) is 3.59. The summed E-state index contributed by atoms with van der Waals surface area (Å²) in [5, 5.41) is 0. The van der Waals surface area contributed by atoms with Crippen LogP contribution in [0.3, 0.4) is 0 Å². The number of H-pyrrole nitrogens is 1. The van der Waals surface area contributed by atoms with Gasteiger partial charge < -0.3 is 14.5 Å². The van der Waals surface area contributed by atoms with Crippen LogP contribution in [0, 0.1) is 0 Å². The average molecular weight is 518 g/mol. The van der Waals surface area contributed by atoms with Crippen LogP contribution >= 0.6 is 12.4 Å². The van der Waals surface area contributed by atoms with Gasteiger partial charge in [-0.3, -0.25) is 4.79 Å². The summed E-state index contributed by atoms with van der Waals surface area (Å²) in [4.78, 5) is 28.9. The van der Waals surface area contributed by atoms with Crippen molar-refractivity contribution in [1.82, 2.24) is 24.4 Å². The van der Waals surface area contributed by atoms with Gasteiger partial charge in [-0.1, -0.05) is 74.9 Å². The number of carbonyl (C=O) groups is 1. The highest BCUT2D eigenvalue weighted by atomic mass is 35.5. The van der Waals surface area contributed by atoms with E-state index < -0.39 is 0 Å². The first-order chi connectivity index (χ1) is 17.8. The van der Waals surface area contributed by atoms with Crippen LogP contribution in [-0.4, -0.2) is 42.4 Å². The fraction of sp³-hybridized carbons (Fsp3) is 0.433. The van der Waals surface area contributed by atoms with Crippen LogP contribution in [0.15, 0.2) is 60.9 Å². The summed E-state index contributed by atoms with van der Waals surface area (Å²) in [5.41, 5.74) is 3.99. The number of carbonyl (C=O) groups excluding carboxylic acids is 1. The monoisotopic (exact) mass is 517 g/mol. The molecule has 1 amide bonds. The van der Waals surface area contributed by atoms with E-state index in [2.05, 4.69) is 49.8 Å². The normalized spacial score (nSPS) is 17.0. The molecule has 0 aliphatic heterocycles. The SMILES string of the molecule is Cl.O=C(Cn1c(-c2ccc(-c3ncc[nH]3)cc2)nc2ccccc21)N(C1CCCCC1)C1CCCCC1. The highest BCUT2D eigenvalue weighted by molar-refractivity contribution is 5.86. The Kier molecular flexibility index (Phi) is 7.94. The van der Waals surface area contributed by atoms with Gasteiger partial charge in [-0.25, -0.2) is 9.97 Å². The highest BCUT2D eigenvalue weighted by Crippen LogP contribution is 2.32. The highest BCUT2D eigenvalue weighted by Gasteiger charge is 2.33. The zero-order valence-corrected chi connectivity index (χ0v) is 22.1. The minimum Gasteiger partial charge on any atom is -0.345 e. The van der Waals surface area contributed by atoms with Crippen molar-refractivity contribution in [2.45, 2.75) is 82.8 Å². The van der Waals surface area contributed by atoms with Crippen molar-refractivity contribution in [3.05, 3.63) is 60.9 Å². The minimum atomic E-state index is 0. The zero-order valence-electron chi connectivity index (χ0n) is 21.3. The Labute approximate surface area is 224 Å². The summed E-state index contributed by atoms with van der Waals surface area (Å²) in [7, 11) is 0. The second kappa shape index (κ2) is 11.5. The molecule has 0 atom stereocenters. The lowest BCUT2D eigenvalue weighted by Crippen LogP contribution is -2.50. The maximum Gasteiger partial charge on any atom is 0.243 e. The molecule has 2 aliphatic carbocycles. The van der Waals surface area contributed by atoms with Crippen LogP contribution in [0.4, 0.5) is 0 Å². The Balaban J connectivity index is 0.00000280. The molecule has 7 heteroatoms. The number of hydrogen-bond acceptors (Lipinski definition) is 3. The molecule has 4 aromatic rings. The molecular formula is C30H36ClN5O. The molecule has 2 heterocycles. The molecule has 2 aliphatic rings. The first-order valence-corrected chi connectivity index (χ1v) is 13.6. The summed E-state index contributed by atoms with van der Waals surface area (Å²) in [5.74, 6) is 1.95. The molecule has 0 spiro atoms. The number of aromatic amines is 1. The summed E-state index contributed by atoms with van der Waals surface area (Å²) < 4.78 is 2.14. The van der Waals surface area contributed by atoms with Crippen LogP contribution < -0.4 is 0 Å². The van der Waals surface area contributed by atoms with E-state index in [1.54, 1.807) is 6.20 Å². The molecule has 2 saturated carbocycles. The Morgan fingerprint density at radius 1 is 0.865 bits per heavy atom. The van der Waals surface area contributed by atoms with E-state index in [9.17, 15) is 4.79 Å². The van der Waals surface area contributed by atoms with Crippen molar-refractivity contribution in [3.8, 4) is 22.8 Å². The fourth-order valence-corrected chi connectivity index (χ4v) is 6.30. The molecule has 6 rings (SSSR count). The van der Waals surface area contributed by atoms with E-state index in [0.717, 1.165) is 59.5 Å². The lowest BCUT2D eigenvalue weighted by atomic mass is 9.88. The van der Waals surface area contributed by atoms with Gasteiger partial charge in [0.25, 0.3) is 0 Å². The zero-order chi connectivity index (χ0) is 24.3. The number of para-hydroxylation sites is 2. The smallest absolute Gasteiger partial charge is 0.243 e. The van der Waals surface area contributed by atoms with E-state index >= 15 is 0 Å². The lowest BCUT2D eigenvalue weighted by molar-refractivity contribution is -0.138. The van der Waals surface area contributed by atoms with Crippen LogP contribution in [0.25, 0.3) is 33.8 Å². The van der Waals surface area contributed by atoms with Gasteiger partial charge in [0.1, 0.15) is 18.2 Å². The Morgan fingerprint density at radius 2 is 1.49 bits per heavy atom. The predicted molar refractivity (Wildman–Crippen MR) is 151 cm³/mol. The number of hydrogen-bond donors (Lipinski definition) is 1. The molecular weight excluding hydrogens is 482 g/mol. The Bertz CT molecular complexity index is 1280. The maximum absolute atomic E-state index is 14.1. The number of halogens is 1. The first kappa shape index (κ1) is 25.5. The second-order valence-corrected chi connectivity index (χ2v) is 10.4. The second-order valence-electron chi connectivity index (χ2n) is 10.4. The quantitative estimate of drug-likeness (QED) is 0.299. The molecule has 6 nitrogen and oxygen atoms in total. The lowest BCUT2D eigenvalue weighted by Gasteiger charge is -2.42. The molecule has 0 saturated heterocycles. The summed E-state index contributed by atoms with van der Waals surface area (Å²) in [6.07, 6.45) is 15.7. The molecule has 194 valence electrons. The summed E-state index contributed by atoms with van der Waals surface area (Å²) >= 11 is 0. The number of fused-ring (bicyclic) bond motifs is 1. The van der Waals surface area contributed by atoms with E-state index in [-0.39, 0.29) is 18.3 Å². The molecule has 2 aromatic carbocycles. The summed E-state index contributed by atoms with van der Waals surface area (Å²) in [6.45, 7) is 0.336. The molecule has 2 aromatic heterocycles. The summed E-state index contributed by atoms with van der Waals surface area (Å²) in [6, 6.07) is 17.3. The largest absolute Gasteiger partial charge is 0.345 e. The number of aromatic nitrogens is 4. The number of imidazole rings is 2. The van der Waals surface area contributed by atoms with Gasteiger partial charge >= 0.3 is 0 Å². The Hall–Kier alpha value is -3.12. The topological polar surface area (TPSA) is 66.8 Å². The van der Waals surface area contributed by atoms with E-state index in [1.807, 2.05) is 24.4 Å². The first-order valence-electron chi connectivity index (χ1n) is 13.6. The van der Waals surface area contributed by atoms with Crippen molar-refractivity contribution < 1.29 is 4.79 Å². The molecule has 2 fully saturated rings. The van der Waals surface area contributed by atoms with Gasteiger partial charge in [0.15, 0.2) is 0 Å². The van der Waals surface area contributed by atoms with Gasteiger partial charge in [0.05, 0.1) is 11.0 Å². The number of benzene rings is 2. The third kappa shape index (κ3) is 5.30. The molecule has 1 N–H and O–H groups in total. The van der Waals surface area contributed by atoms with Gasteiger partial charge in [-0.05, 0) is 37.8 Å². The third-order valence-corrected chi connectivity index (χ3v) is 8.09. The van der Waals surface area contributed by atoms with Crippen molar-refractivity contribution in [2.75, 3.05) is 0 Å². The standard InChI is InChI=1S/C30H35N5O.ClH/c36-28(35(24-9-3-1-4-10-24)25-11-5-2-6-12-25)21-34-27-14-8-7-13-26(27)33-30(34)23-17-15-22(16-18-23)29-31-19-20-32-29;/h7-8,13-20,24-25H,1-6,9-12,21H2,(H,31,32);1H. The number of rotatable bonds is 6. The maximum atomic E-state index is 14.1. The van der Waals surface area contributed by atoms with Gasteiger partial charge in [0, 0.05) is 35.6 Å². The van der Waals surface area contributed by atoms with E-state index in [0.29, 0.717) is 18.6 Å². The molecule has 0 radical (unpaired) electrons. The van der Waals surface area contributed by atoms with Gasteiger partial charge in [0.2, 0.25) is 5.91 Å². The van der Waals surface area contributed by atoms with Crippen molar-refractivity contribution >= 4 is 29.3 Å². The molecule has 0 bridgehead atoms. The molecule has 0 unspecified atom stereocenters.